The van der Waals surface area contributed by atoms with Crippen LogP contribution < -0.4 is 10.6 Å². The molecule has 0 aliphatic carbocycles. The monoisotopic (exact) mass is 312 g/mol. The molecule has 7 nitrogen and oxygen atoms in total. The van der Waals surface area contributed by atoms with Crippen molar-refractivity contribution in [2.45, 2.75) is 33.2 Å². The molecule has 1 aromatic rings. The first-order valence-electron chi connectivity index (χ1n) is 7.83. The van der Waals surface area contributed by atoms with E-state index < -0.39 is 0 Å². The van der Waals surface area contributed by atoms with Crippen molar-refractivity contribution in [1.82, 2.24) is 15.8 Å². The number of aromatic nitrogens is 1. The van der Waals surface area contributed by atoms with Crippen LogP contribution in [0.3, 0.4) is 0 Å². The van der Waals surface area contributed by atoms with Crippen molar-refractivity contribution in [1.29, 1.82) is 0 Å². The van der Waals surface area contributed by atoms with Gasteiger partial charge in [0.15, 0.2) is 11.7 Å². The van der Waals surface area contributed by atoms with E-state index in [-0.39, 0.29) is 0 Å². The molecule has 0 fully saturated rings. The summed E-state index contributed by atoms with van der Waals surface area (Å²) in [7, 11) is 1.67. The topological polar surface area (TPSA) is 80.9 Å². The van der Waals surface area contributed by atoms with Crippen LogP contribution in [-0.4, -0.2) is 51.1 Å². The zero-order valence-corrected chi connectivity index (χ0v) is 13.9. The Morgan fingerprint density at radius 1 is 1.27 bits per heavy atom. The summed E-state index contributed by atoms with van der Waals surface area (Å²) in [4.78, 5) is 4.48. The Hall–Kier alpha value is -1.60. The lowest BCUT2D eigenvalue weighted by molar-refractivity contribution is 0.0698. The molecule has 0 amide bonds. The summed E-state index contributed by atoms with van der Waals surface area (Å²) < 4.78 is 15.6. The number of hydrogen-bond donors (Lipinski definition) is 2. The van der Waals surface area contributed by atoms with Gasteiger partial charge >= 0.3 is 0 Å². The van der Waals surface area contributed by atoms with Gasteiger partial charge in [0.05, 0.1) is 18.9 Å². The number of guanidine groups is 1. The van der Waals surface area contributed by atoms with Gasteiger partial charge < -0.3 is 24.6 Å². The first-order chi connectivity index (χ1) is 10.8. The quantitative estimate of drug-likeness (QED) is 0.365. The minimum absolute atomic E-state index is 0.479. The SMILES string of the molecule is CCNC(=NCc1cc(CC)no1)NCCCOCCOC. The fraction of sp³-hybridized carbons (Fsp3) is 0.733. The molecule has 0 radical (unpaired) electrons. The third kappa shape index (κ3) is 7.99. The summed E-state index contributed by atoms with van der Waals surface area (Å²) >= 11 is 0. The zero-order chi connectivity index (χ0) is 16.0. The van der Waals surface area contributed by atoms with Gasteiger partial charge in [-0.05, 0) is 19.8 Å². The number of aliphatic imine (C=N–C) groups is 1. The predicted octanol–water partition coefficient (Wildman–Crippen LogP) is 1.35. The van der Waals surface area contributed by atoms with Crippen LogP contribution in [-0.2, 0) is 22.4 Å². The number of hydrogen-bond acceptors (Lipinski definition) is 5. The lowest BCUT2D eigenvalue weighted by Gasteiger charge is -2.10. The summed E-state index contributed by atoms with van der Waals surface area (Å²) in [5, 5.41) is 10.4. The molecule has 22 heavy (non-hydrogen) atoms. The molecule has 0 aliphatic rings. The van der Waals surface area contributed by atoms with Gasteiger partial charge in [0.25, 0.3) is 0 Å². The van der Waals surface area contributed by atoms with Crippen molar-refractivity contribution in [3.8, 4) is 0 Å². The molecule has 1 rings (SSSR count). The van der Waals surface area contributed by atoms with E-state index >= 15 is 0 Å². The van der Waals surface area contributed by atoms with Gasteiger partial charge in [0.1, 0.15) is 6.54 Å². The van der Waals surface area contributed by atoms with Gasteiger partial charge in [-0.1, -0.05) is 12.1 Å². The van der Waals surface area contributed by atoms with E-state index in [0.717, 1.165) is 43.3 Å². The molecule has 0 atom stereocenters. The van der Waals surface area contributed by atoms with Crippen LogP contribution in [0.4, 0.5) is 0 Å². The Morgan fingerprint density at radius 3 is 2.82 bits per heavy atom. The van der Waals surface area contributed by atoms with E-state index in [4.69, 9.17) is 14.0 Å². The number of nitrogens with zero attached hydrogens (tertiary/aromatic N) is 2. The molecule has 2 N–H and O–H groups in total. The molecule has 0 spiro atoms. The van der Waals surface area contributed by atoms with E-state index in [1.807, 2.05) is 19.9 Å². The van der Waals surface area contributed by atoms with Gasteiger partial charge in [-0.2, -0.15) is 0 Å². The Bertz CT molecular complexity index is 421. The molecule has 0 aromatic carbocycles. The number of nitrogens with one attached hydrogen (secondary N) is 2. The smallest absolute Gasteiger partial charge is 0.191 e. The second-order valence-corrected chi connectivity index (χ2v) is 4.72. The molecule has 1 aromatic heterocycles. The molecule has 0 aliphatic heterocycles. The highest BCUT2D eigenvalue weighted by atomic mass is 16.5. The normalized spacial score (nSPS) is 11.7. The molecular weight excluding hydrogens is 284 g/mol. The van der Waals surface area contributed by atoms with E-state index in [1.54, 1.807) is 7.11 Å². The average Bonchev–Trinajstić information content (AvgIpc) is 2.99. The average molecular weight is 312 g/mol. The molecule has 0 bridgehead atoms. The highest BCUT2D eigenvalue weighted by Gasteiger charge is 2.02. The first-order valence-corrected chi connectivity index (χ1v) is 7.83. The zero-order valence-electron chi connectivity index (χ0n) is 13.9. The predicted molar refractivity (Wildman–Crippen MR) is 86.0 cm³/mol. The van der Waals surface area contributed by atoms with Gasteiger partial charge in [-0.15, -0.1) is 0 Å². The van der Waals surface area contributed by atoms with Gasteiger partial charge in [-0.3, -0.25) is 0 Å². The van der Waals surface area contributed by atoms with Crippen molar-refractivity contribution in [2.24, 2.45) is 4.99 Å². The van der Waals surface area contributed by atoms with Crippen LogP contribution in [0.15, 0.2) is 15.6 Å². The standard InChI is InChI=1S/C15H28N4O3/c1-4-13-11-14(22-19-13)12-18-15(16-5-2)17-7-6-8-21-10-9-20-3/h11H,4-10,12H2,1-3H3,(H2,16,17,18). The number of ether oxygens (including phenoxy) is 2. The van der Waals surface area contributed by atoms with Crippen LogP contribution in [0.2, 0.25) is 0 Å². The molecule has 7 heteroatoms. The van der Waals surface area contributed by atoms with E-state index in [0.29, 0.717) is 26.4 Å². The van der Waals surface area contributed by atoms with E-state index in [2.05, 4.69) is 20.8 Å². The lowest BCUT2D eigenvalue weighted by Crippen LogP contribution is -2.38. The Balaban J connectivity index is 2.26. The fourth-order valence-corrected chi connectivity index (χ4v) is 1.72. The van der Waals surface area contributed by atoms with Crippen LogP contribution >= 0.6 is 0 Å². The van der Waals surface area contributed by atoms with Crippen molar-refractivity contribution < 1.29 is 14.0 Å². The Morgan fingerprint density at radius 2 is 2.14 bits per heavy atom. The number of aryl methyl sites for hydroxylation is 1. The minimum Gasteiger partial charge on any atom is -0.382 e. The molecule has 0 saturated heterocycles. The van der Waals surface area contributed by atoms with Crippen LogP contribution in [0.5, 0.6) is 0 Å². The number of methoxy groups -OCH3 is 1. The third-order valence-corrected chi connectivity index (χ3v) is 2.90. The summed E-state index contributed by atoms with van der Waals surface area (Å²) in [6.07, 6.45) is 1.78. The minimum atomic E-state index is 0.479. The summed E-state index contributed by atoms with van der Waals surface area (Å²) in [5.41, 5.74) is 0.955. The Labute approximate surface area is 132 Å². The maximum atomic E-state index is 5.41. The van der Waals surface area contributed by atoms with E-state index in [9.17, 15) is 0 Å². The fourth-order valence-electron chi connectivity index (χ4n) is 1.72. The van der Waals surface area contributed by atoms with Gasteiger partial charge in [-0.25, -0.2) is 4.99 Å². The highest BCUT2D eigenvalue weighted by molar-refractivity contribution is 5.79. The van der Waals surface area contributed by atoms with Crippen LogP contribution in [0, 0.1) is 0 Å². The largest absolute Gasteiger partial charge is 0.382 e. The molecule has 1 heterocycles. The van der Waals surface area contributed by atoms with Crippen LogP contribution in [0.25, 0.3) is 0 Å². The number of rotatable bonds is 11. The lowest BCUT2D eigenvalue weighted by atomic mass is 10.3. The van der Waals surface area contributed by atoms with Crippen molar-refractivity contribution in [3.63, 3.8) is 0 Å². The summed E-state index contributed by atoms with van der Waals surface area (Å²) in [5.74, 6) is 1.55. The van der Waals surface area contributed by atoms with Crippen molar-refractivity contribution >= 4 is 5.96 Å². The summed E-state index contributed by atoms with van der Waals surface area (Å²) in [6.45, 7) is 8.15. The first kappa shape index (κ1) is 18.4. The molecule has 0 saturated carbocycles. The van der Waals surface area contributed by atoms with Gasteiger partial charge in [0, 0.05) is 32.9 Å². The Kier molecular flexibility index (Phi) is 10.1. The molecule has 0 unspecified atom stereocenters. The van der Waals surface area contributed by atoms with Gasteiger partial charge in [0.2, 0.25) is 0 Å². The van der Waals surface area contributed by atoms with Crippen molar-refractivity contribution in [3.05, 3.63) is 17.5 Å². The second kappa shape index (κ2) is 12.0. The van der Waals surface area contributed by atoms with Crippen LogP contribution in [0.1, 0.15) is 31.7 Å². The maximum absolute atomic E-state index is 5.41. The maximum Gasteiger partial charge on any atom is 0.191 e. The molecular formula is C15H28N4O3. The van der Waals surface area contributed by atoms with Crippen molar-refractivity contribution in [2.75, 3.05) is 40.0 Å². The summed E-state index contributed by atoms with van der Waals surface area (Å²) in [6, 6.07) is 1.94. The third-order valence-electron chi connectivity index (χ3n) is 2.90. The highest BCUT2D eigenvalue weighted by Crippen LogP contribution is 2.05. The second-order valence-electron chi connectivity index (χ2n) is 4.72. The molecule has 126 valence electrons. The van der Waals surface area contributed by atoms with E-state index in [1.165, 1.54) is 0 Å².